The molecule has 8 heavy (non-hydrogen) atoms. The predicted molar refractivity (Wildman–Crippen MR) is 22.8 cm³/mol. The third-order valence-corrected chi connectivity index (χ3v) is 0. The van der Waals surface area contributed by atoms with Crippen LogP contribution in [0.5, 0.6) is 0 Å². The van der Waals surface area contributed by atoms with E-state index in [0.29, 0.717) is 0 Å². The number of carboxylic acids is 1. The first kappa shape index (κ1) is 34.3. The summed E-state index contributed by atoms with van der Waals surface area (Å²) in [6, 6.07) is 0. The smallest absolute Gasteiger partial charge is 1.00 e. The number of rotatable bonds is 0. The topological polar surface area (TPSA) is 100 Å². The van der Waals surface area contributed by atoms with Gasteiger partial charge in [0.05, 0.1) is 0 Å². The van der Waals surface area contributed by atoms with Crippen LogP contribution in [0.1, 0.15) is 9.78 Å². The molecule has 0 heterocycles. The number of hydrogen-bond acceptors (Lipinski definition) is 1. The van der Waals surface area contributed by atoms with Crippen LogP contribution in [0.3, 0.4) is 0 Å². The quantitative estimate of drug-likeness (QED) is 0.341. The molecule has 0 spiro atoms. The van der Waals surface area contributed by atoms with Gasteiger partial charge in [-0.2, -0.15) is 0 Å². The van der Waals surface area contributed by atoms with E-state index < -0.39 is 5.97 Å². The normalized spacial score (nSPS) is 3.12. The van der Waals surface area contributed by atoms with Crippen LogP contribution in [0.4, 0.5) is 0 Å². The fourth-order valence-corrected chi connectivity index (χ4v) is 0. The molecule has 0 unspecified atom stereocenters. The van der Waals surface area contributed by atoms with Crippen molar-refractivity contribution >= 4 is 5.97 Å². The van der Waals surface area contributed by atoms with Crippen LogP contribution in [-0.4, -0.2) is 22.0 Å². The molecule has 0 aromatic rings. The first-order valence-electron chi connectivity index (χ1n) is 0.928. The maximum absolute atomic E-state index is 9.00. The Hall–Kier alpha value is 1.39. The number of carboxylic acid groups (broad SMARTS) is 1. The Morgan fingerprint density at radius 3 is 1.38 bits per heavy atom. The Bertz CT molecular complexity index is 42.2. The molecule has 0 aromatic heterocycles. The van der Waals surface area contributed by atoms with E-state index in [0.717, 1.165) is 6.92 Å². The predicted octanol–water partition coefficient (Wildman–Crippen LogP) is -7.33. The zero-order chi connectivity index (χ0) is 3.58. The second kappa shape index (κ2) is 23.8. The van der Waals surface area contributed by atoms with Crippen molar-refractivity contribution < 1.29 is 82.8 Å². The second-order valence-electron chi connectivity index (χ2n) is 0.519. The van der Waals surface area contributed by atoms with Crippen LogP contribution in [-0.2, 0) is 4.79 Å². The Balaban J connectivity index is -0.00000000300. The Kier molecular flexibility index (Phi) is 102. The van der Waals surface area contributed by atoms with Crippen molar-refractivity contribution in [2.75, 3.05) is 0 Å². The van der Waals surface area contributed by atoms with E-state index >= 15 is 0 Å². The molecular weight excluding hydrogens is 134 g/mol. The minimum absolute atomic E-state index is 0. The Morgan fingerprint density at radius 2 is 1.38 bits per heavy atom. The zero-order valence-corrected chi connectivity index (χ0v) is 9.36. The minimum Gasteiger partial charge on any atom is -1.00 e. The van der Waals surface area contributed by atoms with Crippen LogP contribution in [0.25, 0.3) is 0 Å². The van der Waals surface area contributed by atoms with Gasteiger partial charge < -0.3 is 18.9 Å². The van der Waals surface area contributed by atoms with E-state index in [4.69, 9.17) is 9.90 Å². The molecule has 0 bridgehead atoms. The molecule has 0 fully saturated rings. The maximum atomic E-state index is 9.00. The average Bonchev–Trinajstić information content (AvgIpc) is 0.811. The van der Waals surface area contributed by atoms with Crippen LogP contribution >= 0.6 is 0 Å². The van der Waals surface area contributed by atoms with E-state index in [1.54, 1.807) is 0 Å². The number of aliphatic carboxylic acids is 1. The molecule has 0 radical (unpaired) electrons. The summed E-state index contributed by atoms with van der Waals surface area (Å²) < 4.78 is 0. The fraction of sp³-hybridized carbons (Fsp3) is 0.500. The molecule has 0 saturated carbocycles. The summed E-state index contributed by atoms with van der Waals surface area (Å²) in [6.45, 7) is 1.08. The molecule has 0 atom stereocenters. The Morgan fingerprint density at radius 1 is 1.38 bits per heavy atom. The van der Waals surface area contributed by atoms with Gasteiger partial charge in [0.25, 0.3) is 5.97 Å². The van der Waals surface area contributed by atoms with Gasteiger partial charge in [-0.1, -0.05) is 0 Å². The van der Waals surface area contributed by atoms with Gasteiger partial charge >= 0.3 is 59.1 Å². The average molecular weight is 144 g/mol. The van der Waals surface area contributed by atoms with Gasteiger partial charge in [0.15, 0.2) is 0 Å². The largest absolute Gasteiger partial charge is 1.00 e. The summed E-state index contributed by atoms with van der Waals surface area (Å²) >= 11 is 0. The summed E-state index contributed by atoms with van der Waals surface area (Å²) in [5.74, 6) is -0.833. The summed E-state index contributed by atoms with van der Waals surface area (Å²) in [6.07, 6.45) is 0. The van der Waals surface area contributed by atoms with Crippen molar-refractivity contribution in [2.24, 2.45) is 0 Å². The van der Waals surface area contributed by atoms with Crippen molar-refractivity contribution in [3.05, 3.63) is 0 Å². The van der Waals surface area contributed by atoms with E-state index in [1.807, 2.05) is 0 Å². The SMILES string of the molecule is CC(=O)O.O.O.[H-].[H-].[Na+].[Na+]. The van der Waals surface area contributed by atoms with Gasteiger partial charge in [0, 0.05) is 6.92 Å². The minimum atomic E-state index is -0.833. The fourth-order valence-electron chi connectivity index (χ4n) is 0. The molecule has 0 aliphatic rings. The second-order valence-corrected chi connectivity index (χ2v) is 0.519. The molecule has 0 aliphatic carbocycles. The van der Waals surface area contributed by atoms with E-state index in [-0.39, 0.29) is 72.9 Å². The first-order valence-corrected chi connectivity index (χ1v) is 0.928. The molecule has 0 rings (SSSR count). The molecule has 44 valence electrons. The van der Waals surface area contributed by atoms with Crippen molar-refractivity contribution in [1.29, 1.82) is 0 Å². The van der Waals surface area contributed by atoms with Gasteiger partial charge in [-0.05, 0) is 0 Å². The first-order chi connectivity index (χ1) is 1.73. The molecule has 0 saturated heterocycles. The van der Waals surface area contributed by atoms with Crippen molar-refractivity contribution in [3.8, 4) is 0 Å². The molecule has 0 aliphatic heterocycles. The van der Waals surface area contributed by atoms with Gasteiger partial charge in [-0.3, -0.25) is 4.79 Å². The number of carbonyl (C=O) groups is 1. The van der Waals surface area contributed by atoms with Crippen LogP contribution in [0.2, 0.25) is 0 Å². The molecular formula is C2H10Na2O4. The van der Waals surface area contributed by atoms with E-state index in [9.17, 15) is 0 Å². The van der Waals surface area contributed by atoms with Gasteiger partial charge in [0.1, 0.15) is 0 Å². The van der Waals surface area contributed by atoms with E-state index in [2.05, 4.69) is 0 Å². The van der Waals surface area contributed by atoms with Gasteiger partial charge in [0.2, 0.25) is 0 Å². The summed E-state index contributed by atoms with van der Waals surface area (Å²) in [7, 11) is 0. The zero-order valence-electron chi connectivity index (χ0n) is 7.36. The Labute approximate surface area is 94.8 Å². The van der Waals surface area contributed by atoms with Crippen molar-refractivity contribution in [1.82, 2.24) is 0 Å². The third-order valence-electron chi connectivity index (χ3n) is 0. The summed E-state index contributed by atoms with van der Waals surface area (Å²) in [4.78, 5) is 9.00. The third kappa shape index (κ3) is 156. The van der Waals surface area contributed by atoms with Crippen molar-refractivity contribution in [3.63, 3.8) is 0 Å². The molecule has 6 heteroatoms. The molecule has 5 N–H and O–H groups in total. The summed E-state index contributed by atoms with van der Waals surface area (Å²) in [5.41, 5.74) is 0. The molecule has 4 nitrogen and oxygen atoms in total. The van der Waals surface area contributed by atoms with E-state index in [1.165, 1.54) is 0 Å². The number of hydrogen-bond donors (Lipinski definition) is 1. The van der Waals surface area contributed by atoms with Gasteiger partial charge in [-0.25, -0.2) is 0 Å². The van der Waals surface area contributed by atoms with Crippen LogP contribution in [0.15, 0.2) is 0 Å². The molecule has 0 amide bonds. The maximum Gasteiger partial charge on any atom is 1.00 e. The monoisotopic (exact) mass is 144 g/mol. The van der Waals surface area contributed by atoms with Crippen LogP contribution < -0.4 is 59.1 Å². The van der Waals surface area contributed by atoms with Crippen LogP contribution in [0, 0.1) is 0 Å². The standard InChI is InChI=1S/C2H4O2.2Na.2H2O.2H/c1-2(3)4;;;;;;/h1H3,(H,3,4);;;2*1H2;;/q;2*+1;;;2*-1. The van der Waals surface area contributed by atoms with Crippen molar-refractivity contribution in [2.45, 2.75) is 6.92 Å². The molecule has 0 aromatic carbocycles. The van der Waals surface area contributed by atoms with Gasteiger partial charge in [-0.15, -0.1) is 0 Å². The summed E-state index contributed by atoms with van der Waals surface area (Å²) in [5, 5.41) is 7.42.